The summed E-state index contributed by atoms with van der Waals surface area (Å²) in [6.45, 7) is 0. The Hall–Kier alpha value is -4.55. The van der Waals surface area contributed by atoms with Gasteiger partial charge in [0.25, 0.3) is 0 Å². The third-order valence-corrected chi connectivity index (χ3v) is 5.57. The lowest BCUT2D eigenvalue weighted by atomic mass is 10.0. The molecule has 4 aromatic rings. The fourth-order valence-electron chi connectivity index (χ4n) is 3.82. The standard InChI is InChI=1S/C27H24F3N5O4/c28-27(29,30)19-6-4-5-17(13-19)25-18(9-10-21(36)14-22(37)15-24(38)39)16-32-35(25)23-11-12-31-26(34-23)33-20-7-2-1-3-8-20/h1-13,16,21-22,36-37H,14-15H2,(H,38,39)(H,31,33,34)/b10-9+/t21-,22-/m1/s1. The van der Waals surface area contributed by atoms with E-state index in [1.807, 2.05) is 30.3 Å². The number of nitrogens with one attached hydrogen (secondary N) is 1. The van der Waals surface area contributed by atoms with Gasteiger partial charge >= 0.3 is 12.1 Å². The van der Waals surface area contributed by atoms with Crippen molar-refractivity contribution in [3.8, 4) is 17.1 Å². The number of nitrogens with zero attached hydrogens (tertiary/aromatic N) is 4. The van der Waals surface area contributed by atoms with E-state index in [0.717, 1.165) is 17.8 Å². The first-order valence-electron chi connectivity index (χ1n) is 11.8. The second kappa shape index (κ2) is 11.9. The number of hydrogen-bond acceptors (Lipinski definition) is 7. The Balaban J connectivity index is 1.73. The second-order valence-corrected chi connectivity index (χ2v) is 8.58. The van der Waals surface area contributed by atoms with Crippen LogP contribution in [0.3, 0.4) is 0 Å². The molecule has 0 saturated carbocycles. The molecule has 39 heavy (non-hydrogen) atoms. The molecule has 0 saturated heterocycles. The average Bonchev–Trinajstić information content (AvgIpc) is 3.31. The molecule has 12 heteroatoms. The number of anilines is 2. The lowest BCUT2D eigenvalue weighted by Crippen LogP contribution is -2.19. The van der Waals surface area contributed by atoms with Gasteiger partial charge in [0, 0.05) is 35.5 Å². The van der Waals surface area contributed by atoms with E-state index in [1.165, 1.54) is 41.4 Å². The maximum atomic E-state index is 13.5. The van der Waals surface area contributed by atoms with Gasteiger partial charge in [-0.1, -0.05) is 42.5 Å². The molecule has 2 heterocycles. The van der Waals surface area contributed by atoms with Crippen molar-refractivity contribution in [1.82, 2.24) is 19.7 Å². The summed E-state index contributed by atoms with van der Waals surface area (Å²) in [6.07, 6.45) is -2.20. The highest BCUT2D eigenvalue weighted by Gasteiger charge is 2.31. The monoisotopic (exact) mass is 539 g/mol. The van der Waals surface area contributed by atoms with Crippen LogP contribution in [-0.2, 0) is 11.0 Å². The molecule has 4 rings (SSSR count). The topological polar surface area (TPSA) is 133 Å². The molecular formula is C27H24F3N5O4. The number of aliphatic carboxylic acids is 1. The van der Waals surface area contributed by atoms with Gasteiger partial charge in [-0.2, -0.15) is 23.3 Å². The molecule has 9 nitrogen and oxygen atoms in total. The highest BCUT2D eigenvalue weighted by molar-refractivity contribution is 5.74. The number of hydrogen-bond donors (Lipinski definition) is 4. The lowest BCUT2D eigenvalue weighted by molar-refractivity contribution is -0.139. The maximum absolute atomic E-state index is 13.5. The Morgan fingerprint density at radius 2 is 1.85 bits per heavy atom. The van der Waals surface area contributed by atoms with Crippen molar-refractivity contribution >= 4 is 23.7 Å². The number of carbonyl (C=O) groups is 1. The quantitative estimate of drug-likeness (QED) is 0.228. The maximum Gasteiger partial charge on any atom is 0.416 e. The van der Waals surface area contributed by atoms with Crippen LogP contribution in [0.2, 0.25) is 0 Å². The van der Waals surface area contributed by atoms with Crippen LogP contribution in [0.4, 0.5) is 24.8 Å². The van der Waals surface area contributed by atoms with Gasteiger partial charge in [-0.15, -0.1) is 0 Å². The summed E-state index contributed by atoms with van der Waals surface area (Å²) in [5, 5.41) is 36.2. The predicted octanol–water partition coefficient (Wildman–Crippen LogP) is 4.69. The van der Waals surface area contributed by atoms with Gasteiger partial charge in [-0.05, 0) is 24.3 Å². The molecule has 2 atom stereocenters. The fraction of sp³-hybridized carbons (Fsp3) is 0.185. The van der Waals surface area contributed by atoms with Crippen LogP contribution in [0.25, 0.3) is 23.2 Å². The number of aliphatic hydroxyl groups is 2. The number of aliphatic hydroxyl groups excluding tert-OH is 2. The first-order chi connectivity index (χ1) is 18.6. The molecule has 2 aromatic carbocycles. The zero-order valence-corrected chi connectivity index (χ0v) is 20.3. The number of rotatable bonds is 10. The Labute approximate surface area is 220 Å². The van der Waals surface area contributed by atoms with E-state index in [-0.39, 0.29) is 29.4 Å². The van der Waals surface area contributed by atoms with Crippen LogP contribution in [0.1, 0.15) is 24.0 Å². The zero-order valence-electron chi connectivity index (χ0n) is 20.3. The first kappa shape index (κ1) is 27.5. The van der Waals surface area contributed by atoms with Crippen molar-refractivity contribution in [3.63, 3.8) is 0 Å². The summed E-state index contributed by atoms with van der Waals surface area (Å²) in [4.78, 5) is 19.4. The Kier molecular flexibility index (Phi) is 8.37. The van der Waals surface area contributed by atoms with Crippen LogP contribution in [0, 0.1) is 0 Å². The van der Waals surface area contributed by atoms with Gasteiger partial charge < -0.3 is 20.6 Å². The van der Waals surface area contributed by atoms with Gasteiger partial charge in [-0.3, -0.25) is 4.79 Å². The molecule has 0 fully saturated rings. The molecule has 0 bridgehead atoms. The molecule has 0 unspecified atom stereocenters. The Morgan fingerprint density at radius 1 is 1.08 bits per heavy atom. The number of benzene rings is 2. The molecular weight excluding hydrogens is 515 g/mol. The Bertz CT molecular complexity index is 1460. The number of alkyl halides is 3. The van der Waals surface area contributed by atoms with Crippen LogP contribution in [0.5, 0.6) is 0 Å². The third kappa shape index (κ3) is 7.27. The molecule has 4 N–H and O–H groups in total. The van der Waals surface area contributed by atoms with E-state index in [9.17, 15) is 28.2 Å². The highest BCUT2D eigenvalue weighted by Crippen LogP contribution is 2.34. The number of aromatic nitrogens is 4. The molecule has 0 radical (unpaired) electrons. The summed E-state index contributed by atoms with van der Waals surface area (Å²) >= 11 is 0. The minimum Gasteiger partial charge on any atom is -0.481 e. The first-order valence-corrected chi connectivity index (χ1v) is 11.8. The van der Waals surface area contributed by atoms with Gasteiger partial charge in [-0.25, -0.2) is 9.67 Å². The highest BCUT2D eigenvalue weighted by atomic mass is 19.4. The van der Waals surface area contributed by atoms with E-state index >= 15 is 0 Å². The van der Waals surface area contributed by atoms with Crippen molar-refractivity contribution in [2.75, 3.05) is 5.32 Å². The van der Waals surface area contributed by atoms with E-state index in [0.29, 0.717) is 5.56 Å². The number of para-hydroxylation sites is 1. The SMILES string of the molecule is O=C(O)C[C@H](O)C[C@H](O)/C=C/c1cnn(-c2ccnc(Nc3ccccc3)n2)c1-c1cccc(C(F)(F)F)c1. The smallest absolute Gasteiger partial charge is 0.416 e. The third-order valence-electron chi connectivity index (χ3n) is 5.57. The average molecular weight is 540 g/mol. The molecule has 202 valence electrons. The lowest BCUT2D eigenvalue weighted by Gasteiger charge is -2.13. The van der Waals surface area contributed by atoms with E-state index in [2.05, 4.69) is 20.4 Å². The van der Waals surface area contributed by atoms with Gasteiger partial charge in [0.15, 0.2) is 5.82 Å². The van der Waals surface area contributed by atoms with Gasteiger partial charge in [0.1, 0.15) is 0 Å². The largest absolute Gasteiger partial charge is 0.481 e. The van der Waals surface area contributed by atoms with Gasteiger partial charge in [0.05, 0.1) is 36.1 Å². The number of carboxylic acid groups (broad SMARTS) is 1. The summed E-state index contributed by atoms with van der Waals surface area (Å²) in [7, 11) is 0. The minimum absolute atomic E-state index is 0.193. The van der Waals surface area contributed by atoms with Crippen molar-refractivity contribution in [2.24, 2.45) is 0 Å². The minimum atomic E-state index is -4.57. The summed E-state index contributed by atoms with van der Waals surface area (Å²) in [5.41, 5.74) is 0.695. The summed E-state index contributed by atoms with van der Waals surface area (Å²) in [5.74, 6) is -0.699. The van der Waals surface area contributed by atoms with E-state index in [1.54, 1.807) is 6.07 Å². The molecule has 0 aliphatic rings. The van der Waals surface area contributed by atoms with E-state index < -0.39 is 36.3 Å². The number of halogens is 3. The summed E-state index contributed by atoms with van der Waals surface area (Å²) < 4.78 is 41.8. The molecule has 0 spiro atoms. The van der Waals surface area contributed by atoms with E-state index in [4.69, 9.17) is 5.11 Å². The molecule has 0 aliphatic carbocycles. The fourth-order valence-corrected chi connectivity index (χ4v) is 3.82. The molecule has 0 amide bonds. The summed E-state index contributed by atoms with van der Waals surface area (Å²) in [6, 6.07) is 15.4. The van der Waals surface area contributed by atoms with Crippen LogP contribution in [-0.4, -0.2) is 53.2 Å². The van der Waals surface area contributed by atoms with Gasteiger partial charge in [0.2, 0.25) is 5.95 Å². The predicted molar refractivity (Wildman–Crippen MR) is 137 cm³/mol. The van der Waals surface area contributed by atoms with Crippen LogP contribution in [0.15, 0.2) is 79.1 Å². The van der Waals surface area contributed by atoms with Crippen molar-refractivity contribution in [2.45, 2.75) is 31.2 Å². The van der Waals surface area contributed by atoms with Crippen LogP contribution < -0.4 is 5.32 Å². The van der Waals surface area contributed by atoms with Crippen molar-refractivity contribution in [3.05, 3.63) is 90.3 Å². The zero-order chi connectivity index (χ0) is 28.0. The molecule has 2 aromatic heterocycles. The Morgan fingerprint density at radius 3 is 2.56 bits per heavy atom. The molecule has 0 aliphatic heterocycles. The second-order valence-electron chi connectivity index (χ2n) is 8.58. The normalized spacial score (nSPS) is 13.4. The van der Waals surface area contributed by atoms with Crippen LogP contribution >= 0.6 is 0 Å². The van der Waals surface area contributed by atoms with Crippen molar-refractivity contribution in [1.29, 1.82) is 0 Å². The number of carboxylic acids is 1. The van der Waals surface area contributed by atoms with Crippen molar-refractivity contribution < 1.29 is 33.3 Å².